The molecule has 1 fully saturated rings. The van der Waals surface area contributed by atoms with Gasteiger partial charge in [-0.1, -0.05) is 13.3 Å². The Hall–Kier alpha value is -1.70. The monoisotopic (exact) mass is 432 g/mol. The number of amides is 1. The molecule has 0 atom stereocenters. The molecule has 5 nitrogen and oxygen atoms in total. The molecule has 1 saturated heterocycles. The van der Waals surface area contributed by atoms with E-state index < -0.39 is 10.0 Å². The molecule has 0 saturated carbocycles. The predicted molar refractivity (Wildman–Crippen MR) is 117 cm³/mol. The first kappa shape index (κ1) is 20.6. The van der Waals surface area contributed by atoms with Gasteiger partial charge in [0.2, 0.25) is 10.0 Å². The Balaban J connectivity index is 1.63. The molecule has 156 valence electrons. The zero-order valence-corrected chi connectivity index (χ0v) is 18.7. The van der Waals surface area contributed by atoms with Crippen LogP contribution in [0, 0.1) is 6.92 Å². The molecule has 0 spiro atoms. The molecule has 3 heterocycles. The van der Waals surface area contributed by atoms with Gasteiger partial charge in [-0.15, -0.1) is 11.3 Å². The third-order valence-corrected chi connectivity index (χ3v) is 8.84. The molecule has 0 bridgehead atoms. The number of thiophene rings is 1. The fraction of sp³-hybridized carbons (Fsp3) is 0.500. The number of carbonyl (C=O) groups is 1. The highest BCUT2D eigenvalue weighted by Crippen LogP contribution is 2.33. The average molecular weight is 433 g/mol. The third kappa shape index (κ3) is 3.88. The Bertz CT molecular complexity index is 1020. The summed E-state index contributed by atoms with van der Waals surface area (Å²) in [4.78, 5) is 17.4. The maximum absolute atomic E-state index is 13.2. The lowest BCUT2D eigenvalue weighted by Gasteiger charge is -2.30. The van der Waals surface area contributed by atoms with Crippen LogP contribution in [0.2, 0.25) is 0 Å². The first-order valence-corrected chi connectivity index (χ1v) is 12.7. The van der Waals surface area contributed by atoms with E-state index >= 15 is 0 Å². The number of anilines is 1. The lowest BCUT2D eigenvalue weighted by atomic mass is 10.0. The summed E-state index contributed by atoms with van der Waals surface area (Å²) in [5, 5.41) is 0. The maximum Gasteiger partial charge on any atom is 0.268 e. The van der Waals surface area contributed by atoms with Crippen LogP contribution in [0.15, 0.2) is 29.2 Å². The molecule has 0 aliphatic carbocycles. The van der Waals surface area contributed by atoms with Crippen LogP contribution in [0.25, 0.3) is 0 Å². The SMILES string of the molecule is CCCc1cc(C(=O)N2CCCc3cc(S(=O)(=O)N4CCCC4)ccc32)sc1C. The van der Waals surface area contributed by atoms with Gasteiger partial charge in [-0.05, 0) is 74.4 Å². The summed E-state index contributed by atoms with van der Waals surface area (Å²) in [7, 11) is -3.44. The molecule has 0 radical (unpaired) electrons. The predicted octanol–water partition coefficient (Wildman–Crippen LogP) is 4.39. The average Bonchev–Trinajstić information content (AvgIpc) is 3.38. The number of sulfonamides is 1. The Morgan fingerprint density at radius 1 is 1.10 bits per heavy atom. The number of benzene rings is 1. The third-order valence-electron chi connectivity index (χ3n) is 5.87. The van der Waals surface area contributed by atoms with Crippen molar-refractivity contribution in [2.75, 3.05) is 24.5 Å². The van der Waals surface area contributed by atoms with Gasteiger partial charge < -0.3 is 4.90 Å². The number of carbonyl (C=O) groups excluding carboxylic acids is 1. The molecule has 0 N–H and O–H groups in total. The first-order chi connectivity index (χ1) is 13.9. The van der Waals surface area contributed by atoms with Crippen molar-refractivity contribution < 1.29 is 13.2 Å². The number of hydrogen-bond acceptors (Lipinski definition) is 4. The van der Waals surface area contributed by atoms with Gasteiger partial charge in [-0.2, -0.15) is 4.31 Å². The van der Waals surface area contributed by atoms with Crippen molar-refractivity contribution >= 4 is 33.0 Å². The summed E-state index contributed by atoms with van der Waals surface area (Å²) in [6.45, 7) is 6.09. The van der Waals surface area contributed by atoms with Crippen molar-refractivity contribution in [2.24, 2.45) is 0 Å². The van der Waals surface area contributed by atoms with Crippen LogP contribution in [0.1, 0.15) is 58.3 Å². The number of nitrogens with zero attached hydrogens (tertiary/aromatic N) is 2. The van der Waals surface area contributed by atoms with Gasteiger partial charge in [0.05, 0.1) is 9.77 Å². The highest BCUT2D eigenvalue weighted by molar-refractivity contribution is 7.89. The van der Waals surface area contributed by atoms with Crippen molar-refractivity contribution in [3.63, 3.8) is 0 Å². The Kier molecular flexibility index (Phi) is 5.82. The van der Waals surface area contributed by atoms with Crippen LogP contribution >= 0.6 is 11.3 Å². The molecule has 2 aliphatic rings. The number of aryl methyl sites for hydroxylation is 3. The van der Waals surface area contributed by atoms with E-state index in [1.807, 2.05) is 17.0 Å². The van der Waals surface area contributed by atoms with Gasteiger partial charge in [0.1, 0.15) is 0 Å². The van der Waals surface area contributed by atoms with Crippen molar-refractivity contribution in [1.82, 2.24) is 4.31 Å². The molecular weight excluding hydrogens is 404 g/mol. The van der Waals surface area contributed by atoms with Crippen LogP contribution in [0.4, 0.5) is 5.69 Å². The van der Waals surface area contributed by atoms with Crippen molar-refractivity contribution in [3.8, 4) is 0 Å². The quantitative estimate of drug-likeness (QED) is 0.704. The van der Waals surface area contributed by atoms with Crippen LogP contribution in [0.3, 0.4) is 0 Å². The number of rotatable bonds is 5. The second-order valence-corrected chi connectivity index (χ2v) is 11.1. The second kappa shape index (κ2) is 8.20. The van der Waals surface area contributed by atoms with E-state index in [9.17, 15) is 13.2 Å². The van der Waals surface area contributed by atoms with Gasteiger partial charge in [0.15, 0.2) is 0 Å². The minimum absolute atomic E-state index is 0.0246. The Morgan fingerprint density at radius 2 is 1.86 bits per heavy atom. The molecule has 4 rings (SSSR count). The summed E-state index contributed by atoms with van der Waals surface area (Å²) in [6.07, 6.45) is 5.54. The van der Waals surface area contributed by atoms with Gasteiger partial charge in [-0.3, -0.25) is 4.79 Å². The Labute approximate surface area is 177 Å². The minimum atomic E-state index is -3.44. The minimum Gasteiger partial charge on any atom is -0.307 e. The van der Waals surface area contributed by atoms with E-state index in [1.165, 1.54) is 10.4 Å². The first-order valence-electron chi connectivity index (χ1n) is 10.5. The van der Waals surface area contributed by atoms with Crippen molar-refractivity contribution in [3.05, 3.63) is 45.1 Å². The molecule has 1 aromatic carbocycles. The molecular formula is C22H28N2O3S2. The molecule has 1 amide bonds. The van der Waals surface area contributed by atoms with Crippen LogP contribution in [-0.4, -0.2) is 38.3 Å². The maximum atomic E-state index is 13.2. The standard InChI is InChI=1S/C22H28N2O3S2/c1-3-7-17-15-21(28-16(17)2)22(25)24-13-6-8-18-14-19(9-10-20(18)24)29(26,27)23-11-4-5-12-23/h9-10,14-15H,3-8,11-13H2,1-2H3. The van der Waals surface area contributed by atoms with Gasteiger partial charge >= 0.3 is 0 Å². The molecule has 7 heteroatoms. The van der Waals surface area contributed by atoms with E-state index in [1.54, 1.807) is 27.8 Å². The Morgan fingerprint density at radius 3 is 2.59 bits per heavy atom. The van der Waals surface area contributed by atoms with E-state index in [-0.39, 0.29) is 5.91 Å². The van der Waals surface area contributed by atoms with Crippen LogP contribution in [0.5, 0.6) is 0 Å². The van der Waals surface area contributed by atoms with Gasteiger partial charge in [0, 0.05) is 30.2 Å². The molecule has 0 unspecified atom stereocenters. The molecule has 2 aliphatic heterocycles. The van der Waals surface area contributed by atoms with Crippen molar-refractivity contribution in [1.29, 1.82) is 0 Å². The van der Waals surface area contributed by atoms with E-state index in [2.05, 4.69) is 13.8 Å². The zero-order valence-electron chi connectivity index (χ0n) is 17.1. The van der Waals surface area contributed by atoms with Gasteiger partial charge in [-0.25, -0.2) is 8.42 Å². The second-order valence-electron chi connectivity index (χ2n) is 7.90. The zero-order chi connectivity index (χ0) is 20.6. The molecule has 29 heavy (non-hydrogen) atoms. The summed E-state index contributed by atoms with van der Waals surface area (Å²) in [6, 6.07) is 7.31. The van der Waals surface area contributed by atoms with Crippen LogP contribution < -0.4 is 4.90 Å². The normalized spacial score (nSPS) is 17.5. The molecule has 2 aromatic rings. The summed E-state index contributed by atoms with van der Waals surface area (Å²) < 4.78 is 27.4. The summed E-state index contributed by atoms with van der Waals surface area (Å²) >= 11 is 1.56. The smallest absolute Gasteiger partial charge is 0.268 e. The van der Waals surface area contributed by atoms with E-state index in [0.29, 0.717) is 24.5 Å². The topological polar surface area (TPSA) is 57.7 Å². The largest absolute Gasteiger partial charge is 0.307 e. The number of hydrogen-bond donors (Lipinski definition) is 0. The highest BCUT2D eigenvalue weighted by atomic mass is 32.2. The highest BCUT2D eigenvalue weighted by Gasteiger charge is 2.30. The van der Waals surface area contributed by atoms with Crippen molar-refractivity contribution in [2.45, 2.75) is 57.3 Å². The number of fused-ring (bicyclic) bond motifs is 1. The fourth-order valence-corrected chi connectivity index (χ4v) is 6.89. The van der Waals surface area contributed by atoms with E-state index in [0.717, 1.165) is 54.7 Å². The van der Waals surface area contributed by atoms with Gasteiger partial charge in [0.25, 0.3) is 5.91 Å². The molecule has 1 aromatic heterocycles. The summed E-state index contributed by atoms with van der Waals surface area (Å²) in [5.74, 6) is 0.0246. The lowest BCUT2D eigenvalue weighted by molar-refractivity contribution is 0.0989. The van der Waals surface area contributed by atoms with Crippen LogP contribution in [-0.2, 0) is 22.9 Å². The van der Waals surface area contributed by atoms with E-state index in [4.69, 9.17) is 0 Å². The fourth-order valence-electron chi connectivity index (χ4n) is 4.30. The lowest BCUT2D eigenvalue weighted by Crippen LogP contribution is -2.35. The summed E-state index contributed by atoms with van der Waals surface area (Å²) in [5.41, 5.74) is 3.06.